The van der Waals surface area contributed by atoms with Crippen molar-refractivity contribution in [2.45, 2.75) is 31.9 Å². The maximum absolute atomic E-state index is 13.5. The summed E-state index contributed by atoms with van der Waals surface area (Å²) in [6.45, 7) is 0.747. The van der Waals surface area contributed by atoms with Crippen LogP contribution in [0.1, 0.15) is 43.2 Å². The average Bonchev–Trinajstić information content (AvgIpc) is 3.27. The van der Waals surface area contributed by atoms with Gasteiger partial charge in [0.05, 0.1) is 11.4 Å². The first-order valence-electron chi connectivity index (χ1n) is 11.2. The third-order valence-electron chi connectivity index (χ3n) is 5.95. The molecule has 0 saturated heterocycles. The number of benzene rings is 2. The zero-order chi connectivity index (χ0) is 23.7. The van der Waals surface area contributed by atoms with E-state index < -0.39 is 12.2 Å². The van der Waals surface area contributed by atoms with Crippen LogP contribution in [0, 0.1) is 5.82 Å². The molecule has 0 saturated carbocycles. The lowest BCUT2D eigenvalue weighted by atomic mass is 10.0. The lowest BCUT2D eigenvalue weighted by Crippen LogP contribution is -2.37. The number of carboxylic acid groups (broad SMARTS) is 1. The van der Waals surface area contributed by atoms with E-state index in [0.29, 0.717) is 47.8 Å². The van der Waals surface area contributed by atoms with Crippen molar-refractivity contribution in [3.8, 4) is 11.3 Å². The standard InChI is InChI=1S/C26H24FN3O4/c27-17-8-10-18(11-9-17)30-24(5-1-2-6-25(31)32)29-20-14-16(7-12-19(20)26(30)33)23-15-21-22(34-23)4-3-13-28-21/h3-4,7-12,14-15,26,28,33H,1-2,5-6,13H2,(H,31,32). The number of fused-ring (bicyclic) bond motifs is 2. The Morgan fingerprint density at radius 3 is 2.76 bits per heavy atom. The van der Waals surface area contributed by atoms with E-state index in [9.17, 15) is 14.3 Å². The number of aliphatic hydroxyl groups excluding tert-OH is 1. The van der Waals surface area contributed by atoms with Crippen LogP contribution < -0.4 is 10.2 Å². The number of aliphatic carboxylic acids is 1. The molecule has 0 bridgehead atoms. The number of anilines is 2. The summed E-state index contributed by atoms with van der Waals surface area (Å²) in [5, 5.41) is 23.5. The number of unbranched alkanes of at least 4 members (excludes halogenated alkanes) is 1. The predicted octanol–water partition coefficient (Wildman–Crippen LogP) is 5.71. The molecule has 0 aliphatic carbocycles. The maximum atomic E-state index is 13.5. The van der Waals surface area contributed by atoms with Crippen LogP contribution in [0.15, 0.2) is 64.0 Å². The Morgan fingerprint density at radius 1 is 1.18 bits per heavy atom. The zero-order valence-corrected chi connectivity index (χ0v) is 18.4. The minimum Gasteiger partial charge on any atom is -0.481 e. The van der Waals surface area contributed by atoms with Crippen molar-refractivity contribution in [3.05, 3.63) is 71.7 Å². The highest BCUT2D eigenvalue weighted by Gasteiger charge is 2.30. The normalized spacial score (nSPS) is 16.5. The molecule has 7 nitrogen and oxygen atoms in total. The number of furan rings is 1. The van der Waals surface area contributed by atoms with Crippen molar-refractivity contribution >= 4 is 34.9 Å². The van der Waals surface area contributed by atoms with Gasteiger partial charge in [0.15, 0.2) is 6.23 Å². The second-order valence-electron chi connectivity index (χ2n) is 8.29. The van der Waals surface area contributed by atoms with Crippen LogP contribution in [0.2, 0.25) is 0 Å². The van der Waals surface area contributed by atoms with Crippen molar-refractivity contribution in [1.82, 2.24) is 0 Å². The lowest BCUT2D eigenvalue weighted by molar-refractivity contribution is -0.137. The zero-order valence-electron chi connectivity index (χ0n) is 18.4. The summed E-state index contributed by atoms with van der Waals surface area (Å²) in [4.78, 5) is 17.4. The fourth-order valence-electron chi connectivity index (χ4n) is 4.26. The summed E-state index contributed by atoms with van der Waals surface area (Å²) in [7, 11) is 0. The minimum atomic E-state index is -1.02. The Labute approximate surface area is 195 Å². The summed E-state index contributed by atoms with van der Waals surface area (Å²) in [6.07, 6.45) is 4.53. The molecule has 5 rings (SSSR count). The molecule has 34 heavy (non-hydrogen) atoms. The van der Waals surface area contributed by atoms with Gasteiger partial charge in [0.1, 0.15) is 23.2 Å². The van der Waals surface area contributed by atoms with Crippen LogP contribution in [0.25, 0.3) is 17.4 Å². The van der Waals surface area contributed by atoms with E-state index in [1.165, 1.54) is 12.1 Å². The van der Waals surface area contributed by atoms with Gasteiger partial charge in [-0.1, -0.05) is 18.2 Å². The van der Waals surface area contributed by atoms with Gasteiger partial charge in [0, 0.05) is 42.3 Å². The summed E-state index contributed by atoms with van der Waals surface area (Å²) >= 11 is 0. The van der Waals surface area contributed by atoms with Crippen molar-refractivity contribution in [2.24, 2.45) is 4.99 Å². The molecule has 3 heterocycles. The highest BCUT2D eigenvalue weighted by molar-refractivity contribution is 6.02. The Morgan fingerprint density at radius 2 is 2.00 bits per heavy atom. The Kier molecular flexibility index (Phi) is 5.90. The van der Waals surface area contributed by atoms with E-state index in [1.807, 2.05) is 36.4 Å². The van der Waals surface area contributed by atoms with Crippen LogP contribution in [0.4, 0.5) is 21.5 Å². The molecule has 3 N–H and O–H groups in total. The minimum absolute atomic E-state index is 0.0682. The van der Waals surface area contributed by atoms with Gasteiger partial charge >= 0.3 is 5.97 Å². The second-order valence-corrected chi connectivity index (χ2v) is 8.29. The van der Waals surface area contributed by atoms with Crippen molar-refractivity contribution in [3.63, 3.8) is 0 Å². The third-order valence-corrected chi connectivity index (χ3v) is 5.95. The summed E-state index contributed by atoms with van der Waals surface area (Å²) in [5.74, 6) is 0.842. The molecular formula is C26H24FN3O4. The number of nitrogens with zero attached hydrogens (tertiary/aromatic N) is 2. The predicted molar refractivity (Wildman–Crippen MR) is 129 cm³/mol. The number of aliphatic hydroxyl groups is 1. The first kappa shape index (κ1) is 21.9. The van der Waals surface area contributed by atoms with Gasteiger partial charge in [0.25, 0.3) is 0 Å². The van der Waals surface area contributed by atoms with Crippen LogP contribution >= 0.6 is 0 Å². The van der Waals surface area contributed by atoms with Gasteiger partial charge < -0.3 is 19.9 Å². The molecule has 0 fully saturated rings. The first-order chi connectivity index (χ1) is 16.5. The third kappa shape index (κ3) is 4.32. The van der Waals surface area contributed by atoms with Gasteiger partial charge in [-0.3, -0.25) is 9.69 Å². The van der Waals surface area contributed by atoms with Crippen molar-refractivity contribution < 1.29 is 23.8 Å². The molecule has 0 radical (unpaired) electrons. The van der Waals surface area contributed by atoms with E-state index in [0.717, 1.165) is 23.6 Å². The van der Waals surface area contributed by atoms with E-state index >= 15 is 0 Å². The number of nitrogens with one attached hydrogen (secondary N) is 1. The second kappa shape index (κ2) is 9.15. The number of carbonyl (C=O) groups is 1. The van der Waals surface area contributed by atoms with Crippen LogP contribution in [0.3, 0.4) is 0 Å². The van der Waals surface area contributed by atoms with Gasteiger partial charge in [-0.2, -0.15) is 0 Å². The fourth-order valence-corrected chi connectivity index (χ4v) is 4.26. The van der Waals surface area contributed by atoms with Crippen LogP contribution in [-0.4, -0.2) is 28.6 Å². The molecule has 0 spiro atoms. The molecule has 2 aliphatic heterocycles. The smallest absolute Gasteiger partial charge is 0.303 e. The van der Waals surface area contributed by atoms with E-state index in [1.54, 1.807) is 17.0 Å². The molecule has 1 atom stereocenters. The molecule has 174 valence electrons. The van der Waals surface area contributed by atoms with E-state index in [4.69, 9.17) is 14.5 Å². The number of hydrogen-bond donors (Lipinski definition) is 3. The number of halogens is 1. The monoisotopic (exact) mass is 461 g/mol. The van der Waals surface area contributed by atoms with E-state index in [2.05, 4.69) is 5.32 Å². The SMILES string of the molecule is O=C(O)CCCCC1=Nc2cc(-c3cc4c(o3)C=CCN4)ccc2C(O)N1c1ccc(F)cc1. The largest absolute Gasteiger partial charge is 0.481 e. The summed E-state index contributed by atoms with van der Waals surface area (Å²) in [6, 6.07) is 13.4. The van der Waals surface area contributed by atoms with Crippen molar-refractivity contribution in [2.75, 3.05) is 16.8 Å². The number of amidine groups is 1. The topological polar surface area (TPSA) is 98.3 Å². The molecule has 8 heteroatoms. The molecule has 1 unspecified atom stereocenters. The molecule has 0 amide bonds. The number of aliphatic imine (C=N–C) groups is 1. The first-order valence-corrected chi connectivity index (χ1v) is 11.2. The molecule has 2 aromatic carbocycles. The van der Waals surface area contributed by atoms with Gasteiger partial charge in [0.2, 0.25) is 0 Å². The van der Waals surface area contributed by atoms with Crippen molar-refractivity contribution in [1.29, 1.82) is 0 Å². The maximum Gasteiger partial charge on any atom is 0.303 e. The van der Waals surface area contributed by atoms with Crippen LogP contribution in [0.5, 0.6) is 0 Å². The lowest BCUT2D eigenvalue weighted by Gasteiger charge is -2.35. The van der Waals surface area contributed by atoms with Gasteiger partial charge in [-0.25, -0.2) is 9.38 Å². The average molecular weight is 461 g/mol. The molecular weight excluding hydrogens is 437 g/mol. The number of rotatable bonds is 7. The summed E-state index contributed by atoms with van der Waals surface area (Å²) in [5.41, 5.74) is 3.61. The molecule has 3 aromatic rings. The van der Waals surface area contributed by atoms with Gasteiger partial charge in [-0.15, -0.1) is 0 Å². The highest BCUT2D eigenvalue weighted by atomic mass is 19.1. The highest BCUT2D eigenvalue weighted by Crippen LogP contribution is 2.41. The Bertz CT molecular complexity index is 1280. The van der Waals surface area contributed by atoms with E-state index in [-0.39, 0.29) is 12.2 Å². The number of carboxylic acids is 1. The summed E-state index contributed by atoms with van der Waals surface area (Å²) < 4.78 is 19.5. The molecule has 2 aliphatic rings. The fraction of sp³-hybridized carbons (Fsp3) is 0.231. The van der Waals surface area contributed by atoms with Crippen LogP contribution in [-0.2, 0) is 4.79 Å². The molecule has 1 aromatic heterocycles. The Hall–Kier alpha value is -3.91. The van der Waals surface area contributed by atoms with Gasteiger partial charge in [-0.05, 0) is 49.2 Å². The quantitative estimate of drug-likeness (QED) is 0.390. The number of hydrogen-bond acceptors (Lipinski definition) is 6. The Balaban J connectivity index is 1.50.